The van der Waals surface area contributed by atoms with Crippen LogP contribution in [-0.2, 0) is 6.54 Å². The van der Waals surface area contributed by atoms with E-state index >= 15 is 0 Å². The minimum absolute atomic E-state index is 0.464. The molecule has 1 N–H and O–H groups in total. The van der Waals surface area contributed by atoms with Crippen LogP contribution in [0.25, 0.3) is 0 Å². The Kier molecular flexibility index (Phi) is 5.36. The fourth-order valence-electron chi connectivity index (χ4n) is 2.27. The number of methoxy groups -OCH3 is 1. The van der Waals surface area contributed by atoms with Crippen LogP contribution >= 0.6 is 0 Å². The zero-order chi connectivity index (χ0) is 15.1. The minimum Gasteiger partial charge on any atom is -0.495 e. The second-order valence-electron chi connectivity index (χ2n) is 5.09. The van der Waals surface area contributed by atoms with Crippen molar-refractivity contribution in [2.75, 3.05) is 13.7 Å². The minimum atomic E-state index is 0.464. The Bertz CT molecular complexity index is 617. The molecule has 0 aliphatic carbocycles. The summed E-state index contributed by atoms with van der Waals surface area (Å²) in [5, 5.41) is 12.4. The number of hydrogen-bond donors (Lipinski definition) is 1. The molecule has 2 aromatic rings. The van der Waals surface area contributed by atoms with E-state index in [4.69, 9.17) is 10.00 Å². The number of ether oxygens (including phenoxy) is 1. The van der Waals surface area contributed by atoms with Gasteiger partial charge in [0.1, 0.15) is 11.8 Å². The molecule has 0 spiro atoms. The first-order valence-electron chi connectivity index (χ1n) is 7.07. The molecule has 0 fully saturated rings. The lowest BCUT2D eigenvalue weighted by molar-refractivity contribution is 0.412. The highest BCUT2D eigenvalue weighted by molar-refractivity contribution is 5.45. The van der Waals surface area contributed by atoms with E-state index in [-0.39, 0.29) is 0 Å². The van der Waals surface area contributed by atoms with Gasteiger partial charge in [0.15, 0.2) is 0 Å². The van der Waals surface area contributed by atoms with Gasteiger partial charge in [-0.05, 0) is 29.2 Å². The van der Waals surface area contributed by atoms with Gasteiger partial charge in [0, 0.05) is 13.1 Å². The van der Waals surface area contributed by atoms with Gasteiger partial charge in [-0.2, -0.15) is 5.26 Å². The molecule has 0 amide bonds. The van der Waals surface area contributed by atoms with E-state index in [9.17, 15) is 0 Å². The molecule has 3 nitrogen and oxygen atoms in total. The summed E-state index contributed by atoms with van der Waals surface area (Å²) in [5.41, 5.74) is 3.02. The lowest BCUT2D eigenvalue weighted by Gasteiger charge is -2.13. The lowest BCUT2D eigenvalue weighted by Crippen LogP contribution is -2.19. The van der Waals surface area contributed by atoms with Crippen LogP contribution in [0.1, 0.15) is 29.5 Å². The average Bonchev–Trinajstić information content (AvgIpc) is 2.55. The fraction of sp³-hybridized carbons (Fsp3) is 0.278. The first-order chi connectivity index (χ1) is 10.2. The second kappa shape index (κ2) is 7.47. The number of hydrogen-bond acceptors (Lipinski definition) is 3. The Hall–Kier alpha value is -2.31. The van der Waals surface area contributed by atoms with Crippen LogP contribution in [0.3, 0.4) is 0 Å². The summed E-state index contributed by atoms with van der Waals surface area (Å²) < 4.78 is 5.22. The summed E-state index contributed by atoms with van der Waals surface area (Å²) in [6, 6.07) is 18.3. The normalized spacial score (nSPS) is 11.7. The van der Waals surface area contributed by atoms with Crippen molar-refractivity contribution in [2.24, 2.45) is 0 Å². The third-order valence-corrected chi connectivity index (χ3v) is 3.53. The summed E-state index contributed by atoms with van der Waals surface area (Å²) in [6.45, 7) is 3.88. The molecule has 108 valence electrons. The van der Waals surface area contributed by atoms with Gasteiger partial charge in [-0.3, -0.25) is 0 Å². The topological polar surface area (TPSA) is 45.0 Å². The van der Waals surface area contributed by atoms with Gasteiger partial charge in [0.2, 0.25) is 0 Å². The molecular formula is C18H20N2O. The molecule has 0 heterocycles. The maximum Gasteiger partial charge on any atom is 0.136 e. The summed E-state index contributed by atoms with van der Waals surface area (Å²) in [6.07, 6.45) is 0. The smallest absolute Gasteiger partial charge is 0.136 e. The molecule has 1 unspecified atom stereocenters. The Balaban J connectivity index is 1.91. The van der Waals surface area contributed by atoms with E-state index in [1.54, 1.807) is 13.2 Å². The van der Waals surface area contributed by atoms with E-state index < -0.39 is 0 Å². The van der Waals surface area contributed by atoms with Crippen molar-refractivity contribution in [1.29, 1.82) is 5.26 Å². The molecule has 0 bridgehead atoms. The van der Waals surface area contributed by atoms with E-state index in [0.29, 0.717) is 17.2 Å². The number of benzene rings is 2. The molecule has 21 heavy (non-hydrogen) atoms. The van der Waals surface area contributed by atoms with Crippen LogP contribution in [0.2, 0.25) is 0 Å². The van der Waals surface area contributed by atoms with Crippen molar-refractivity contribution in [3.05, 3.63) is 65.2 Å². The zero-order valence-corrected chi connectivity index (χ0v) is 12.5. The fourth-order valence-corrected chi connectivity index (χ4v) is 2.27. The second-order valence-corrected chi connectivity index (χ2v) is 5.09. The van der Waals surface area contributed by atoms with Crippen LogP contribution in [-0.4, -0.2) is 13.7 Å². The first-order valence-corrected chi connectivity index (χ1v) is 7.07. The van der Waals surface area contributed by atoms with Gasteiger partial charge in [0.25, 0.3) is 0 Å². The van der Waals surface area contributed by atoms with Crippen LogP contribution in [0.5, 0.6) is 5.75 Å². The van der Waals surface area contributed by atoms with E-state index in [2.05, 4.69) is 42.6 Å². The summed E-state index contributed by atoms with van der Waals surface area (Å²) in [4.78, 5) is 0. The zero-order valence-electron chi connectivity index (χ0n) is 12.5. The molecule has 2 rings (SSSR count). The largest absolute Gasteiger partial charge is 0.495 e. The van der Waals surface area contributed by atoms with E-state index in [1.807, 2.05) is 18.2 Å². The predicted molar refractivity (Wildman–Crippen MR) is 84.3 cm³/mol. The van der Waals surface area contributed by atoms with Crippen molar-refractivity contribution in [2.45, 2.75) is 19.4 Å². The van der Waals surface area contributed by atoms with Crippen molar-refractivity contribution >= 4 is 0 Å². The standard InChI is InChI=1S/C18H20N2O/c1-14(16-6-4-3-5-7-16)12-20-13-15-8-9-17(11-19)18(10-15)21-2/h3-10,14,20H,12-13H2,1-2H3. The monoisotopic (exact) mass is 280 g/mol. The highest BCUT2D eigenvalue weighted by Gasteiger charge is 2.06. The SMILES string of the molecule is COc1cc(CNCC(C)c2ccccc2)ccc1C#N. The van der Waals surface area contributed by atoms with E-state index in [1.165, 1.54) is 5.56 Å². The van der Waals surface area contributed by atoms with Gasteiger partial charge in [0.05, 0.1) is 12.7 Å². The molecule has 2 aromatic carbocycles. The summed E-state index contributed by atoms with van der Waals surface area (Å²) in [7, 11) is 1.59. The average molecular weight is 280 g/mol. The maximum absolute atomic E-state index is 8.97. The van der Waals surface area contributed by atoms with Crippen molar-refractivity contribution in [1.82, 2.24) is 5.32 Å². The molecule has 0 aromatic heterocycles. The number of nitrogens with one attached hydrogen (secondary N) is 1. The van der Waals surface area contributed by atoms with Gasteiger partial charge in [-0.25, -0.2) is 0 Å². The van der Waals surface area contributed by atoms with Gasteiger partial charge < -0.3 is 10.1 Å². The Labute approximate surface area is 126 Å². The van der Waals surface area contributed by atoms with Crippen LogP contribution in [0.15, 0.2) is 48.5 Å². The van der Waals surface area contributed by atoms with Crippen LogP contribution in [0.4, 0.5) is 0 Å². The van der Waals surface area contributed by atoms with Gasteiger partial charge >= 0.3 is 0 Å². The Morgan fingerprint density at radius 2 is 1.95 bits per heavy atom. The molecule has 0 saturated heterocycles. The molecule has 0 saturated carbocycles. The molecule has 3 heteroatoms. The van der Waals surface area contributed by atoms with E-state index in [0.717, 1.165) is 18.7 Å². The number of nitriles is 1. The van der Waals surface area contributed by atoms with Gasteiger partial charge in [-0.1, -0.05) is 43.3 Å². The molecule has 0 aliphatic rings. The van der Waals surface area contributed by atoms with Crippen LogP contribution in [0, 0.1) is 11.3 Å². The summed E-state index contributed by atoms with van der Waals surface area (Å²) in [5.74, 6) is 1.10. The first kappa shape index (κ1) is 15.1. The Morgan fingerprint density at radius 3 is 2.62 bits per heavy atom. The van der Waals surface area contributed by atoms with Crippen molar-refractivity contribution < 1.29 is 4.74 Å². The highest BCUT2D eigenvalue weighted by atomic mass is 16.5. The maximum atomic E-state index is 8.97. The summed E-state index contributed by atoms with van der Waals surface area (Å²) >= 11 is 0. The third kappa shape index (κ3) is 4.08. The molecular weight excluding hydrogens is 260 g/mol. The van der Waals surface area contributed by atoms with Crippen molar-refractivity contribution in [3.63, 3.8) is 0 Å². The number of nitrogens with zero attached hydrogens (tertiary/aromatic N) is 1. The molecule has 1 atom stereocenters. The van der Waals surface area contributed by atoms with Gasteiger partial charge in [-0.15, -0.1) is 0 Å². The van der Waals surface area contributed by atoms with Crippen molar-refractivity contribution in [3.8, 4) is 11.8 Å². The Morgan fingerprint density at radius 1 is 1.19 bits per heavy atom. The quantitative estimate of drug-likeness (QED) is 0.881. The molecule has 0 aliphatic heterocycles. The molecule has 0 radical (unpaired) electrons. The van der Waals surface area contributed by atoms with Crippen LogP contribution < -0.4 is 10.1 Å². The third-order valence-electron chi connectivity index (χ3n) is 3.53. The predicted octanol–water partition coefficient (Wildman–Crippen LogP) is 3.46. The highest BCUT2D eigenvalue weighted by Crippen LogP contribution is 2.19. The lowest BCUT2D eigenvalue weighted by atomic mass is 10.0. The number of rotatable bonds is 6.